The van der Waals surface area contributed by atoms with E-state index in [0.717, 1.165) is 22.7 Å². The molecule has 29 heavy (non-hydrogen) atoms. The molecule has 4 rings (SSSR count). The van der Waals surface area contributed by atoms with Gasteiger partial charge in [0.25, 0.3) is 0 Å². The molecule has 146 valence electrons. The van der Waals surface area contributed by atoms with E-state index in [1.807, 2.05) is 36.4 Å². The number of aromatic nitrogens is 2. The van der Waals surface area contributed by atoms with Gasteiger partial charge in [0.05, 0.1) is 12.7 Å². The summed E-state index contributed by atoms with van der Waals surface area (Å²) in [4.78, 5) is 11.9. The minimum absolute atomic E-state index is 0.854. The molecular weight excluding hydrogens is 368 g/mol. The molecule has 0 saturated heterocycles. The largest absolute Gasteiger partial charge is 0.565 e. The van der Waals surface area contributed by atoms with Gasteiger partial charge in [-0.05, 0) is 29.8 Å². The lowest BCUT2D eigenvalue weighted by atomic mass is 10.0. The topological polar surface area (TPSA) is 89.3 Å². The number of ether oxygens (including phenoxy) is 1. The minimum atomic E-state index is -2.08. The number of methoxy groups -OCH3 is 1. The summed E-state index contributed by atoms with van der Waals surface area (Å²) in [5.41, 5.74) is 5.69. The van der Waals surface area contributed by atoms with E-state index in [-0.39, 0.29) is 0 Å². The third-order valence-electron chi connectivity index (χ3n) is 4.29. The van der Waals surface area contributed by atoms with Crippen LogP contribution in [0.15, 0.2) is 91.4 Å². The zero-order chi connectivity index (χ0) is 20.6. The highest BCUT2D eigenvalue weighted by Crippen LogP contribution is 2.33. The second-order valence-electron chi connectivity index (χ2n) is 6.07. The Labute approximate surface area is 168 Å². The van der Waals surface area contributed by atoms with Crippen molar-refractivity contribution in [1.82, 2.24) is 4.98 Å². The van der Waals surface area contributed by atoms with Gasteiger partial charge in [-0.3, -0.25) is 0 Å². The van der Waals surface area contributed by atoms with Crippen molar-refractivity contribution in [3.63, 3.8) is 0 Å². The third-order valence-corrected chi connectivity index (χ3v) is 4.29. The van der Waals surface area contributed by atoms with Gasteiger partial charge in [-0.1, -0.05) is 36.4 Å². The smallest absolute Gasteiger partial charge is 0.249 e. The number of H-pyrrole nitrogens is 1. The Kier molecular flexibility index (Phi) is 6.27. The molecular formula is C23H20N2O4. The molecule has 2 aromatic heterocycles. The Bertz CT molecular complexity index is 1060. The SMILES string of the molecule is COc1ccc(-c2[nH]cc(-c3ccccc3)c2-[n+]2ccccc2)cc1.O=C([O-])O. The normalized spacial score (nSPS) is 9.97. The number of rotatable bonds is 4. The molecule has 0 bridgehead atoms. The van der Waals surface area contributed by atoms with Gasteiger partial charge in [0.1, 0.15) is 11.4 Å². The van der Waals surface area contributed by atoms with Crippen LogP contribution in [0.4, 0.5) is 4.79 Å². The molecule has 2 heterocycles. The molecule has 0 spiro atoms. The maximum atomic E-state index is 8.44. The summed E-state index contributed by atoms with van der Waals surface area (Å²) in [5, 5.41) is 15.3. The fourth-order valence-corrected chi connectivity index (χ4v) is 3.05. The molecule has 0 radical (unpaired) electrons. The summed E-state index contributed by atoms with van der Waals surface area (Å²) in [6.07, 6.45) is 4.13. The predicted molar refractivity (Wildman–Crippen MR) is 108 cm³/mol. The summed E-state index contributed by atoms with van der Waals surface area (Å²) >= 11 is 0. The van der Waals surface area contributed by atoms with E-state index in [1.165, 1.54) is 11.1 Å². The van der Waals surface area contributed by atoms with Crippen molar-refractivity contribution in [3.8, 4) is 33.8 Å². The molecule has 2 N–H and O–H groups in total. The number of benzene rings is 2. The first kappa shape index (κ1) is 19.7. The molecule has 0 aliphatic rings. The number of carbonyl (C=O) groups is 1. The number of hydrogen-bond acceptors (Lipinski definition) is 3. The van der Waals surface area contributed by atoms with Gasteiger partial charge in [0.15, 0.2) is 12.4 Å². The first-order valence-electron chi connectivity index (χ1n) is 8.88. The van der Waals surface area contributed by atoms with Gasteiger partial charge in [0.2, 0.25) is 11.8 Å². The van der Waals surface area contributed by atoms with E-state index in [4.69, 9.17) is 19.7 Å². The second kappa shape index (κ2) is 9.23. The van der Waals surface area contributed by atoms with E-state index in [1.54, 1.807) is 7.11 Å². The highest BCUT2D eigenvalue weighted by molar-refractivity contribution is 5.81. The molecule has 0 amide bonds. The second-order valence-corrected chi connectivity index (χ2v) is 6.07. The van der Waals surface area contributed by atoms with Crippen LogP contribution in [0.2, 0.25) is 0 Å². The summed E-state index contributed by atoms with van der Waals surface area (Å²) in [5.74, 6) is 0.854. The maximum Gasteiger partial charge on any atom is 0.249 e. The number of nitrogens with zero attached hydrogens (tertiary/aromatic N) is 1. The van der Waals surface area contributed by atoms with E-state index >= 15 is 0 Å². The fourth-order valence-electron chi connectivity index (χ4n) is 3.05. The van der Waals surface area contributed by atoms with Crippen LogP contribution in [0.25, 0.3) is 28.1 Å². The lowest BCUT2D eigenvalue weighted by Crippen LogP contribution is -2.30. The van der Waals surface area contributed by atoms with E-state index in [2.05, 4.69) is 64.5 Å². The van der Waals surface area contributed by atoms with Gasteiger partial charge < -0.3 is 24.7 Å². The number of hydrogen-bond donors (Lipinski definition) is 2. The standard InChI is InChI=1S/C22H19N2O.CH2O3/c1-25-19-12-10-18(11-13-19)21-22(24-14-6-3-7-15-24)20(16-23-21)17-8-4-2-5-9-17;2-1(3)4/h2-16,23H,1H3;(H2,2,3,4)/q+1;/p-1. The van der Waals surface area contributed by atoms with E-state index in [9.17, 15) is 0 Å². The minimum Gasteiger partial charge on any atom is -0.565 e. The Hall–Kier alpha value is -4.06. The molecule has 0 unspecified atom stereocenters. The van der Waals surface area contributed by atoms with Crippen LogP contribution in [0.1, 0.15) is 0 Å². The number of carboxylic acid groups (broad SMARTS) is 2. The summed E-state index contributed by atoms with van der Waals surface area (Å²) in [6.45, 7) is 0. The fraction of sp³-hybridized carbons (Fsp3) is 0.0435. The van der Waals surface area contributed by atoms with Crippen molar-refractivity contribution in [2.75, 3.05) is 7.11 Å². The van der Waals surface area contributed by atoms with Crippen molar-refractivity contribution in [2.24, 2.45) is 0 Å². The molecule has 2 aromatic carbocycles. The summed E-state index contributed by atoms with van der Waals surface area (Å²) < 4.78 is 7.43. The average molecular weight is 388 g/mol. The Morgan fingerprint density at radius 2 is 1.52 bits per heavy atom. The molecule has 4 aromatic rings. The first-order valence-corrected chi connectivity index (χ1v) is 8.88. The molecule has 6 nitrogen and oxygen atoms in total. The Balaban J connectivity index is 0.000000552. The van der Waals surface area contributed by atoms with Crippen LogP contribution in [0, 0.1) is 0 Å². The van der Waals surface area contributed by atoms with Gasteiger partial charge >= 0.3 is 0 Å². The molecule has 6 heteroatoms. The quantitative estimate of drug-likeness (QED) is 0.524. The predicted octanol–water partition coefficient (Wildman–Crippen LogP) is 3.52. The third kappa shape index (κ3) is 4.81. The van der Waals surface area contributed by atoms with Gasteiger partial charge in [-0.15, -0.1) is 0 Å². The average Bonchev–Trinajstić information content (AvgIpc) is 3.20. The first-order chi connectivity index (χ1) is 14.1. The molecule has 0 saturated carbocycles. The van der Waals surface area contributed by atoms with Crippen LogP contribution in [-0.2, 0) is 0 Å². The van der Waals surface area contributed by atoms with Crippen LogP contribution in [-0.4, -0.2) is 23.4 Å². The van der Waals surface area contributed by atoms with Crippen LogP contribution < -0.4 is 14.4 Å². The van der Waals surface area contributed by atoms with E-state index < -0.39 is 6.16 Å². The lowest BCUT2D eigenvalue weighted by molar-refractivity contribution is -0.594. The van der Waals surface area contributed by atoms with Crippen molar-refractivity contribution >= 4 is 6.16 Å². The highest BCUT2D eigenvalue weighted by atomic mass is 16.6. The maximum absolute atomic E-state index is 8.44. The van der Waals surface area contributed by atoms with Crippen LogP contribution in [0.3, 0.4) is 0 Å². The Morgan fingerprint density at radius 1 is 0.931 bits per heavy atom. The van der Waals surface area contributed by atoms with Gasteiger partial charge in [0, 0.05) is 23.9 Å². The van der Waals surface area contributed by atoms with Crippen LogP contribution >= 0.6 is 0 Å². The van der Waals surface area contributed by atoms with E-state index in [0.29, 0.717) is 0 Å². The Morgan fingerprint density at radius 3 is 2.10 bits per heavy atom. The summed E-state index contributed by atoms with van der Waals surface area (Å²) in [6, 6.07) is 24.7. The molecule has 0 fully saturated rings. The van der Waals surface area contributed by atoms with Crippen molar-refractivity contribution in [2.45, 2.75) is 0 Å². The van der Waals surface area contributed by atoms with Crippen molar-refractivity contribution in [1.29, 1.82) is 0 Å². The highest BCUT2D eigenvalue weighted by Gasteiger charge is 2.22. The van der Waals surface area contributed by atoms with Crippen molar-refractivity contribution < 1.29 is 24.3 Å². The number of aromatic amines is 1. The van der Waals surface area contributed by atoms with Gasteiger partial charge in [-0.2, -0.15) is 4.57 Å². The molecule has 0 aliphatic carbocycles. The lowest BCUT2D eigenvalue weighted by Gasteiger charge is -2.05. The van der Waals surface area contributed by atoms with Crippen LogP contribution in [0.5, 0.6) is 5.75 Å². The van der Waals surface area contributed by atoms with Crippen molar-refractivity contribution in [3.05, 3.63) is 91.4 Å². The number of pyridine rings is 1. The van der Waals surface area contributed by atoms with Gasteiger partial charge in [-0.25, -0.2) is 0 Å². The molecule has 0 aliphatic heterocycles. The summed E-state index contributed by atoms with van der Waals surface area (Å²) in [7, 11) is 1.68. The zero-order valence-corrected chi connectivity index (χ0v) is 15.8. The zero-order valence-electron chi connectivity index (χ0n) is 15.8. The monoisotopic (exact) mass is 388 g/mol. The molecule has 0 atom stereocenters. The number of nitrogens with one attached hydrogen (secondary N) is 1.